The second-order valence-electron chi connectivity index (χ2n) is 4.38. The Kier molecular flexibility index (Phi) is 3.61. The molecule has 0 saturated carbocycles. The number of alkyl halides is 3. The Balaban J connectivity index is 2.17. The van der Waals surface area contributed by atoms with E-state index in [0.717, 1.165) is 17.7 Å². The fourth-order valence-electron chi connectivity index (χ4n) is 1.77. The fourth-order valence-corrected chi connectivity index (χ4v) is 1.77. The summed E-state index contributed by atoms with van der Waals surface area (Å²) in [7, 11) is 0. The molecule has 1 aromatic heterocycles. The van der Waals surface area contributed by atoms with E-state index in [9.17, 15) is 18.3 Å². The molecule has 6 heteroatoms. The maximum Gasteiger partial charge on any atom is 0.416 e. The van der Waals surface area contributed by atoms with Crippen LogP contribution in [0.5, 0.6) is 0 Å². The van der Waals surface area contributed by atoms with E-state index in [2.05, 4.69) is 5.10 Å². The summed E-state index contributed by atoms with van der Waals surface area (Å²) in [6.07, 6.45) is -2.09. The molecule has 0 radical (unpaired) electrons. The van der Waals surface area contributed by atoms with Gasteiger partial charge >= 0.3 is 6.18 Å². The number of rotatable bonds is 3. The molecule has 1 atom stereocenters. The number of aromatic nitrogens is 2. The van der Waals surface area contributed by atoms with Crippen molar-refractivity contribution in [3.8, 4) is 0 Å². The van der Waals surface area contributed by atoms with Crippen LogP contribution >= 0.6 is 0 Å². The number of halogens is 3. The molecule has 102 valence electrons. The predicted molar refractivity (Wildman–Crippen MR) is 63.4 cm³/mol. The van der Waals surface area contributed by atoms with Crippen molar-refractivity contribution in [1.29, 1.82) is 0 Å². The lowest BCUT2D eigenvalue weighted by Gasteiger charge is -2.13. The van der Waals surface area contributed by atoms with Crippen molar-refractivity contribution in [2.45, 2.75) is 25.7 Å². The molecule has 2 rings (SSSR count). The number of aryl methyl sites for hydroxylation is 1. The Hall–Kier alpha value is -1.82. The number of nitrogens with zero attached hydrogens (tertiary/aromatic N) is 2. The first-order valence-corrected chi connectivity index (χ1v) is 5.70. The van der Waals surface area contributed by atoms with Crippen molar-refractivity contribution >= 4 is 0 Å². The predicted octanol–water partition coefficient (Wildman–Crippen LogP) is 2.94. The fraction of sp³-hybridized carbons (Fsp3) is 0.308. The van der Waals surface area contributed by atoms with Crippen LogP contribution in [-0.2, 0) is 12.7 Å². The van der Waals surface area contributed by atoms with Crippen molar-refractivity contribution in [2.24, 2.45) is 0 Å². The highest BCUT2D eigenvalue weighted by atomic mass is 19.4. The smallest absolute Gasteiger partial charge is 0.386 e. The van der Waals surface area contributed by atoms with Crippen molar-refractivity contribution in [2.75, 3.05) is 0 Å². The van der Waals surface area contributed by atoms with E-state index < -0.39 is 17.8 Å². The molecule has 0 aliphatic rings. The van der Waals surface area contributed by atoms with E-state index in [1.165, 1.54) is 16.8 Å². The molecule has 3 nitrogen and oxygen atoms in total. The van der Waals surface area contributed by atoms with Crippen LogP contribution in [0.15, 0.2) is 36.7 Å². The third kappa shape index (κ3) is 3.35. The van der Waals surface area contributed by atoms with Gasteiger partial charge < -0.3 is 5.11 Å². The summed E-state index contributed by atoms with van der Waals surface area (Å²) in [5, 5.41) is 13.9. The van der Waals surface area contributed by atoms with Gasteiger partial charge in [0.05, 0.1) is 24.4 Å². The molecule has 0 amide bonds. The van der Waals surface area contributed by atoms with E-state index >= 15 is 0 Å². The average Bonchev–Trinajstić information content (AvgIpc) is 2.74. The van der Waals surface area contributed by atoms with Crippen molar-refractivity contribution in [1.82, 2.24) is 9.78 Å². The van der Waals surface area contributed by atoms with Gasteiger partial charge in [0.15, 0.2) is 0 Å². The second-order valence-corrected chi connectivity index (χ2v) is 4.38. The van der Waals surface area contributed by atoms with Crippen molar-refractivity contribution < 1.29 is 18.3 Å². The minimum Gasteiger partial charge on any atom is -0.386 e. The van der Waals surface area contributed by atoms with Crippen LogP contribution in [0, 0.1) is 6.92 Å². The summed E-state index contributed by atoms with van der Waals surface area (Å²) >= 11 is 0. The highest BCUT2D eigenvalue weighted by molar-refractivity contribution is 5.27. The molecular weight excluding hydrogens is 257 g/mol. The molecule has 0 spiro atoms. The van der Waals surface area contributed by atoms with Crippen LogP contribution in [0.3, 0.4) is 0 Å². The van der Waals surface area contributed by atoms with Crippen LogP contribution < -0.4 is 0 Å². The Morgan fingerprint density at radius 2 is 2.11 bits per heavy atom. The SMILES string of the molecule is Cc1cnn(CC(O)c2cccc(C(F)(F)F)c2)c1. The molecule has 1 unspecified atom stereocenters. The van der Waals surface area contributed by atoms with Crippen LogP contribution in [0.2, 0.25) is 0 Å². The maximum absolute atomic E-state index is 12.6. The van der Waals surface area contributed by atoms with Gasteiger partial charge in [0.2, 0.25) is 0 Å². The summed E-state index contributed by atoms with van der Waals surface area (Å²) in [4.78, 5) is 0. The monoisotopic (exact) mass is 270 g/mol. The molecule has 0 saturated heterocycles. The van der Waals surface area contributed by atoms with E-state index in [1.54, 1.807) is 12.4 Å². The highest BCUT2D eigenvalue weighted by Crippen LogP contribution is 2.30. The topological polar surface area (TPSA) is 38.0 Å². The summed E-state index contributed by atoms with van der Waals surface area (Å²) in [5.74, 6) is 0. The Morgan fingerprint density at radius 3 is 2.68 bits per heavy atom. The first-order valence-electron chi connectivity index (χ1n) is 5.70. The zero-order valence-electron chi connectivity index (χ0n) is 10.2. The van der Waals surface area contributed by atoms with Gasteiger partial charge in [-0.1, -0.05) is 12.1 Å². The summed E-state index contributed by atoms with van der Waals surface area (Å²) in [6, 6.07) is 4.70. The van der Waals surface area contributed by atoms with Gasteiger partial charge in [-0.25, -0.2) is 0 Å². The van der Waals surface area contributed by atoms with Crippen LogP contribution in [-0.4, -0.2) is 14.9 Å². The number of hydrogen-bond donors (Lipinski definition) is 1. The quantitative estimate of drug-likeness (QED) is 0.931. The van der Waals surface area contributed by atoms with E-state index in [-0.39, 0.29) is 12.1 Å². The molecule has 0 aliphatic carbocycles. The van der Waals surface area contributed by atoms with Gasteiger partial charge in [-0.15, -0.1) is 0 Å². The summed E-state index contributed by atoms with van der Waals surface area (Å²) < 4.78 is 39.2. The number of benzene rings is 1. The molecule has 0 bridgehead atoms. The summed E-state index contributed by atoms with van der Waals surface area (Å²) in [5.41, 5.74) is 0.389. The van der Waals surface area contributed by atoms with Gasteiger partial charge in [-0.05, 0) is 30.2 Å². The zero-order valence-corrected chi connectivity index (χ0v) is 10.2. The lowest BCUT2D eigenvalue weighted by Crippen LogP contribution is -2.11. The van der Waals surface area contributed by atoms with Crippen molar-refractivity contribution in [3.63, 3.8) is 0 Å². The van der Waals surface area contributed by atoms with Gasteiger partial charge in [0.25, 0.3) is 0 Å². The lowest BCUT2D eigenvalue weighted by atomic mass is 10.1. The Labute approximate surface area is 108 Å². The average molecular weight is 270 g/mol. The second kappa shape index (κ2) is 5.05. The normalized spacial score (nSPS) is 13.5. The zero-order chi connectivity index (χ0) is 14.0. The summed E-state index contributed by atoms with van der Waals surface area (Å²) in [6.45, 7) is 1.97. The van der Waals surface area contributed by atoms with Gasteiger partial charge in [-0.2, -0.15) is 18.3 Å². The molecule has 1 N–H and O–H groups in total. The van der Waals surface area contributed by atoms with Crippen molar-refractivity contribution in [3.05, 3.63) is 53.3 Å². The lowest BCUT2D eigenvalue weighted by molar-refractivity contribution is -0.137. The molecule has 19 heavy (non-hydrogen) atoms. The standard InChI is InChI=1S/C13H13F3N2O/c1-9-6-17-18(7-9)8-12(19)10-3-2-4-11(5-10)13(14,15)16/h2-7,12,19H,8H2,1H3. The van der Waals surface area contributed by atoms with E-state index in [1.807, 2.05) is 6.92 Å². The van der Waals surface area contributed by atoms with Gasteiger partial charge in [0.1, 0.15) is 0 Å². The Morgan fingerprint density at radius 1 is 1.37 bits per heavy atom. The number of aliphatic hydroxyl groups is 1. The van der Waals surface area contributed by atoms with Crippen LogP contribution in [0.4, 0.5) is 13.2 Å². The third-order valence-corrected chi connectivity index (χ3v) is 2.72. The molecule has 2 aromatic rings. The van der Waals surface area contributed by atoms with E-state index in [0.29, 0.717) is 0 Å². The molecule has 1 aromatic carbocycles. The molecule has 0 fully saturated rings. The van der Waals surface area contributed by atoms with Gasteiger partial charge in [0, 0.05) is 6.20 Å². The number of hydrogen-bond acceptors (Lipinski definition) is 2. The molecule has 1 heterocycles. The maximum atomic E-state index is 12.6. The molecular formula is C13H13F3N2O. The molecule has 0 aliphatic heterocycles. The first-order chi connectivity index (χ1) is 8.86. The van der Waals surface area contributed by atoms with Gasteiger partial charge in [-0.3, -0.25) is 4.68 Å². The number of aliphatic hydroxyl groups excluding tert-OH is 1. The third-order valence-electron chi connectivity index (χ3n) is 2.72. The highest BCUT2D eigenvalue weighted by Gasteiger charge is 2.30. The Bertz CT molecular complexity index is 563. The van der Waals surface area contributed by atoms with Crippen LogP contribution in [0.1, 0.15) is 22.8 Å². The van der Waals surface area contributed by atoms with E-state index in [4.69, 9.17) is 0 Å². The first kappa shape index (κ1) is 13.6. The minimum atomic E-state index is -4.40. The largest absolute Gasteiger partial charge is 0.416 e. The van der Waals surface area contributed by atoms with Crippen LogP contribution in [0.25, 0.3) is 0 Å². The minimum absolute atomic E-state index is 0.120.